The van der Waals surface area contributed by atoms with Crippen LogP contribution >= 0.6 is 0 Å². The Morgan fingerprint density at radius 3 is 2.62 bits per heavy atom. The standard InChI is InChI=1S/C20H30NO2.CH4/c1-21(2)14-13-18(15-21)23-20(22)19(17-11-7-8-12-17)16-9-5-3-4-6-10-16;/h3-5,9-10,17-19H,6-8,11-15H2,1-2H3;1H4/q+1;/t18?,19-;/m1./s1. The van der Waals surface area contributed by atoms with Gasteiger partial charge in [0.1, 0.15) is 6.54 Å². The van der Waals surface area contributed by atoms with Crippen molar-refractivity contribution in [1.29, 1.82) is 0 Å². The number of likely N-dealkylation sites (N-methyl/N-ethyl adjacent to an activating group) is 1. The molecule has 0 aromatic carbocycles. The van der Waals surface area contributed by atoms with Crippen LogP contribution in [0, 0.1) is 11.8 Å². The van der Waals surface area contributed by atoms with Gasteiger partial charge in [-0.3, -0.25) is 4.79 Å². The van der Waals surface area contributed by atoms with Crippen LogP contribution in [0.4, 0.5) is 0 Å². The molecule has 1 saturated heterocycles. The molecule has 1 heterocycles. The third kappa shape index (κ3) is 4.60. The minimum atomic E-state index is -0.0649. The Morgan fingerprint density at radius 1 is 1.21 bits per heavy atom. The normalized spacial score (nSPS) is 27.2. The highest BCUT2D eigenvalue weighted by Crippen LogP contribution is 2.37. The summed E-state index contributed by atoms with van der Waals surface area (Å²) in [7, 11) is 4.43. The van der Waals surface area contributed by atoms with E-state index in [9.17, 15) is 4.79 Å². The van der Waals surface area contributed by atoms with Gasteiger partial charge in [0.25, 0.3) is 0 Å². The first-order chi connectivity index (χ1) is 11.1. The summed E-state index contributed by atoms with van der Waals surface area (Å²) in [5, 5.41) is 0. The molecule has 24 heavy (non-hydrogen) atoms. The molecule has 1 saturated carbocycles. The molecular formula is C21H34NO2+. The van der Waals surface area contributed by atoms with Gasteiger partial charge in [-0.15, -0.1) is 0 Å². The molecular weight excluding hydrogens is 298 g/mol. The molecule has 3 rings (SSSR count). The van der Waals surface area contributed by atoms with Crippen molar-refractivity contribution in [1.82, 2.24) is 0 Å². The fourth-order valence-electron chi connectivity index (χ4n) is 4.28. The van der Waals surface area contributed by atoms with Crippen LogP contribution in [0.15, 0.2) is 36.0 Å². The molecule has 0 aromatic heterocycles. The van der Waals surface area contributed by atoms with Crippen LogP contribution in [-0.2, 0) is 9.53 Å². The number of allylic oxidation sites excluding steroid dienone is 5. The first-order valence-corrected chi connectivity index (χ1v) is 9.11. The molecule has 0 N–H and O–H groups in total. The highest BCUT2D eigenvalue weighted by atomic mass is 16.5. The molecule has 134 valence electrons. The number of nitrogens with zero attached hydrogens (tertiary/aromatic N) is 1. The second-order valence-electron chi connectivity index (χ2n) is 7.94. The SMILES string of the molecule is C.C[N+]1(C)CCC(OC(=O)[C@H](C2=CCC=CC=C2)C2CCCC2)C1. The number of quaternary nitrogens is 1. The highest BCUT2D eigenvalue weighted by molar-refractivity contribution is 5.77. The van der Waals surface area contributed by atoms with Crippen molar-refractivity contribution < 1.29 is 14.0 Å². The lowest BCUT2D eigenvalue weighted by Gasteiger charge is -2.26. The molecule has 1 unspecified atom stereocenters. The van der Waals surface area contributed by atoms with E-state index in [1.807, 2.05) is 0 Å². The fourth-order valence-corrected chi connectivity index (χ4v) is 4.28. The van der Waals surface area contributed by atoms with Gasteiger partial charge in [0.05, 0.1) is 26.6 Å². The second-order valence-corrected chi connectivity index (χ2v) is 7.94. The van der Waals surface area contributed by atoms with E-state index < -0.39 is 0 Å². The Kier molecular flexibility index (Phi) is 6.45. The topological polar surface area (TPSA) is 26.3 Å². The maximum Gasteiger partial charge on any atom is 0.314 e. The lowest BCUT2D eigenvalue weighted by molar-refractivity contribution is -0.879. The van der Waals surface area contributed by atoms with E-state index in [2.05, 4.69) is 44.5 Å². The Morgan fingerprint density at radius 2 is 1.96 bits per heavy atom. The van der Waals surface area contributed by atoms with Crippen LogP contribution in [-0.4, -0.2) is 43.7 Å². The number of carbonyl (C=O) groups is 1. The summed E-state index contributed by atoms with van der Waals surface area (Å²) in [6.07, 6.45) is 17.4. The summed E-state index contributed by atoms with van der Waals surface area (Å²) in [5.41, 5.74) is 1.17. The van der Waals surface area contributed by atoms with Crippen molar-refractivity contribution in [2.75, 3.05) is 27.2 Å². The molecule has 1 aliphatic heterocycles. The van der Waals surface area contributed by atoms with Crippen molar-refractivity contribution in [3.8, 4) is 0 Å². The number of ether oxygens (including phenoxy) is 1. The Hall–Kier alpha value is -1.35. The highest BCUT2D eigenvalue weighted by Gasteiger charge is 2.38. The van der Waals surface area contributed by atoms with Crippen LogP contribution in [0.25, 0.3) is 0 Å². The number of esters is 1. The lowest BCUT2D eigenvalue weighted by atomic mass is 9.84. The summed E-state index contributed by atoms with van der Waals surface area (Å²) in [4.78, 5) is 13.0. The van der Waals surface area contributed by atoms with E-state index in [0.717, 1.165) is 43.3 Å². The minimum Gasteiger partial charge on any atom is -0.456 e. The summed E-state index contributed by atoms with van der Waals surface area (Å²) in [6.45, 7) is 2.04. The van der Waals surface area contributed by atoms with Crippen molar-refractivity contribution in [3.63, 3.8) is 0 Å². The molecule has 0 amide bonds. The zero-order valence-corrected chi connectivity index (χ0v) is 14.5. The van der Waals surface area contributed by atoms with Crippen LogP contribution in [0.5, 0.6) is 0 Å². The Labute approximate surface area is 147 Å². The number of carbonyl (C=O) groups excluding carboxylic acids is 1. The van der Waals surface area contributed by atoms with Gasteiger partial charge in [0.15, 0.2) is 6.10 Å². The van der Waals surface area contributed by atoms with Crippen molar-refractivity contribution in [2.45, 2.75) is 52.1 Å². The monoisotopic (exact) mass is 332 g/mol. The quantitative estimate of drug-likeness (QED) is 0.568. The Bertz CT molecular complexity index is 524. The molecule has 3 heteroatoms. The average Bonchev–Trinajstić information content (AvgIpc) is 3.03. The van der Waals surface area contributed by atoms with Crippen molar-refractivity contribution in [3.05, 3.63) is 36.0 Å². The zero-order chi connectivity index (χ0) is 16.3. The van der Waals surface area contributed by atoms with Gasteiger partial charge in [0, 0.05) is 6.42 Å². The van der Waals surface area contributed by atoms with E-state index in [1.165, 1.54) is 18.4 Å². The maximum atomic E-state index is 13.0. The predicted octanol–water partition coefficient (Wildman–Crippen LogP) is 4.26. The number of hydrogen-bond donors (Lipinski definition) is 0. The van der Waals surface area contributed by atoms with Gasteiger partial charge in [-0.2, -0.15) is 0 Å². The van der Waals surface area contributed by atoms with E-state index in [4.69, 9.17) is 4.74 Å². The third-order valence-corrected chi connectivity index (χ3v) is 5.55. The van der Waals surface area contributed by atoms with Gasteiger partial charge in [-0.05, 0) is 30.8 Å². The zero-order valence-electron chi connectivity index (χ0n) is 14.5. The van der Waals surface area contributed by atoms with Crippen LogP contribution in [0.3, 0.4) is 0 Å². The third-order valence-electron chi connectivity index (χ3n) is 5.55. The maximum absolute atomic E-state index is 13.0. The first kappa shape index (κ1) is 19.0. The largest absolute Gasteiger partial charge is 0.456 e. The summed E-state index contributed by atoms with van der Waals surface area (Å²) >= 11 is 0. The molecule has 3 nitrogen and oxygen atoms in total. The average molecular weight is 333 g/mol. The smallest absolute Gasteiger partial charge is 0.314 e. The molecule has 2 aliphatic carbocycles. The number of hydrogen-bond acceptors (Lipinski definition) is 2. The van der Waals surface area contributed by atoms with Gasteiger partial charge in [-0.25, -0.2) is 0 Å². The Balaban J connectivity index is 0.00000208. The second kappa shape index (κ2) is 8.15. The molecule has 2 fully saturated rings. The summed E-state index contributed by atoms with van der Waals surface area (Å²) in [6, 6.07) is 0. The van der Waals surface area contributed by atoms with Crippen LogP contribution in [0.1, 0.15) is 46.0 Å². The van der Waals surface area contributed by atoms with Crippen LogP contribution in [0.2, 0.25) is 0 Å². The number of likely N-dealkylation sites (tertiary alicyclic amines) is 1. The van der Waals surface area contributed by atoms with E-state index in [-0.39, 0.29) is 25.4 Å². The van der Waals surface area contributed by atoms with Gasteiger partial charge in [-0.1, -0.05) is 50.6 Å². The molecule has 0 aromatic rings. The summed E-state index contributed by atoms with van der Waals surface area (Å²) in [5.74, 6) is 0.409. The predicted molar refractivity (Wildman–Crippen MR) is 99.5 cm³/mol. The van der Waals surface area contributed by atoms with E-state index >= 15 is 0 Å². The van der Waals surface area contributed by atoms with E-state index in [1.54, 1.807) is 0 Å². The summed E-state index contributed by atoms with van der Waals surface area (Å²) < 4.78 is 6.92. The van der Waals surface area contributed by atoms with Crippen LogP contribution < -0.4 is 0 Å². The fraction of sp³-hybridized carbons (Fsp3) is 0.667. The minimum absolute atomic E-state index is 0. The molecule has 3 aliphatic rings. The van der Waals surface area contributed by atoms with Gasteiger partial charge < -0.3 is 9.22 Å². The van der Waals surface area contributed by atoms with Gasteiger partial charge in [0.2, 0.25) is 0 Å². The number of rotatable bonds is 4. The molecule has 0 bridgehead atoms. The van der Waals surface area contributed by atoms with Crippen molar-refractivity contribution >= 4 is 5.97 Å². The lowest BCUT2D eigenvalue weighted by Crippen LogP contribution is -2.38. The van der Waals surface area contributed by atoms with Gasteiger partial charge >= 0.3 is 5.97 Å². The molecule has 0 radical (unpaired) electrons. The first-order valence-electron chi connectivity index (χ1n) is 9.11. The van der Waals surface area contributed by atoms with Crippen molar-refractivity contribution in [2.24, 2.45) is 11.8 Å². The molecule has 0 spiro atoms. The molecule has 2 atom stereocenters. The van der Waals surface area contributed by atoms with E-state index in [0.29, 0.717) is 5.92 Å².